The second kappa shape index (κ2) is 4.05. The van der Waals surface area contributed by atoms with Crippen LogP contribution in [0.1, 0.15) is 12.5 Å². The van der Waals surface area contributed by atoms with Gasteiger partial charge >= 0.3 is 5.92 Å². The van der Waals surface area contributed by atoms with Gasteiger partial charge in [-0.1, -0.05) is 23.7 Å². The Balaban J connectivity index is 2.71. The van der Waals surface area contributed by atoms with Crippen molar-refractivity contribution in [1.29, 1.82) is 0 Å². The van der Waals surface area contributed by atoms with Gasteiger partial charge in [0.2, 0.25) is 5.78 Å². The first-order valence-electron chi connectivity index (χ1n) is 4.05. The fraction of sp³-hybridized carbons (Fsp3) is 0.300. The van der Waals surface area contributed by atoms with Crippen LogP contribution in [0.4, 0.5) is 8.78 Å². The number of benzene rings is 1. The van der Waals surface area contributed by atoms with E-state index in [1.54, 1.807) is 24.3 Å². The molecule has 1 aromatic carbocycles. The van der Waals surface area contributed by atoms with Gasteiger partial charge in [0.15, 0.2) is 0 Å². The molecule has 0 atom stereocenters. The van der Waals surface area contributed by atoms with E-state index in [0.717, 1.165) is 0 Å². The third kappa shape index (κ3) is 3.07. The standard InChI is InChI=1S/C10H9ClF2O/c1-10(12,13)9(14)6-7-2-4-8(11)5-3-7/h2-5H,6H2,1H3. The Morgan fingerprint density at radius 1 is 1.36 bits per heavy atom. The summed E-state index contributed by atoms with van der Waals surface area (Å²) in [6.45, 7) is 0.602. The summed E-state index contributed by atoms with van der Waals surface area (Å²) in [5.41, 5.74) is 0.543. The molecule has 0 aliphatic carbocycles. The Hall–Kier alpha value is -0.960. The molecule has 0 saturated carbocycles. The molecule has 1 aromatic rings. The van der Waals surface area contributed by atoms with Crippen molar-refractivity contribution in [2.45, 2.75) is 19.3 Å². The van der Waals surface area contributed by atoms with Crippen LogP contribution in [-0.2, 0) is 11.2 Å². The number of ketones is 1. The van der Waals surface area contributed by atoms with E-state index in [0.29, 0.717) is 17.5 Å². The summed E-state index contributed by atoms with van der Waals surface area (Å²) in [4.78, 5) is 10.9. The molecule has 4 heteroatoms. The first-order valence-corrected chi connectivity index (χ1v) is 4.43. The summed E-state index contributed by atoms with van der Waals surface area (Å²) in [6, 6.07) is 6.26. The Morgan fingerprint density at radius 3 is 2.29 bits per heavy atom. The molecule has 1 rings (SSSR count). The van der Waals surface area contributed by atoms with E-state index >= 15 is 0 Å². The highest BCUT2D eigenvalue weighted by Gasteiger charge is 2.31. The Bertz CT molecular complexity index is 327. The van der Waals surface area contributed by atoms with Crippen LogP contribution in [0.25, 0.3) is 0 Å². The number of hydrogen-bond acceptors (Lipinski definition) is 1. The van der Waals surface area contributed by atoms with E-state index in [1.807, 2.05) is 0 Å². The van der Waals surface area contributed by atoms with Crippen LogP contribution < -0.4 is 0 Å². The van der Waals surface area contributed by atoms with Crippen LogP contribution in [0, 0.1) is 0 Å². The van der Waals surface area contributed by atoms with Crippen LogP contribution in [0.15, 0.2) is 24.3 Å². The maximum absolute atomic E-state index is 12.5. The van der Waals surface area contributed by atoms with Crippen molar-refractivity contribution in [3.05, 3.63) is 34.9 Å². The molecule has 0 aliphatic rings. The predicted molar refractivity (Wildman–Crippen MR) is 50.8 cm³/mol. The van der Waals surface area contributed by atoms with E-state index in [2.05, 4.69) is 0 Å². The summed E-state index contributed by atoms with van der Waals surface area (Å²) in [5, 5.41) is 0.518. The van der Waals surface area contributed by atoms with Gasteiger partial charge in [-0.05, 0) is 17.7 Å². The van der Waals surface area contributed by atoms with Gasteiger partial charge in [0, 0.05) is 18.4 Å². The van der Waals surface area contributed by atoms with Crippen molar-refractivity contribution in [2.75, 3.05) is 0 Å². The first kappa shape index (κ1) is 11.1. The monoisotopic (exact) mass is 218 g/mol. The molecule has 0 unspecified atom stereocenters. The van der Waals surface area contributed by atoms with Crippen molar-refractivity contribution in [2.24, 2.45) is 0 Å². The van der Waals surface area contributed by atoms with Gasteiger partial charge in [-0.15, -0.1) is 0 Å². The lowest BCUT2D eigenvalue weighted by Gasteiger charge is -2.08. The number of alkyl halides is 2. The number of carbonyl (C=O) groups excluding carboxylic acids is 1. The molecule has 0 radical (unpaired) electrons. The zero-order chi connectivity index (χ0) is 10.8. The van der Waals surface area contributed by atoms with E-state index in [1.165, 1.54) is 0 Å². The predicted octanol–water partition coefficient (Wildman–Crippen LogP) is 3.11. The molecule has 0 fully saturated rings. The second-order valence-electron chi connectivity index (χ2n) is 3.11. The van der Waals surface area contributed by atoms with Crippen LogP contribution in [-0.4, -0.2) is 11.7 Å². The van der Waals surface area contributed by atoms with Crippen LogP contribution >= 0.6 is 11.6 Å². The summed E-state index contributed by atoms with van der Waals surface area (Å²) in [5.74, 6) is -4.35. The minimum absolute atomic E-state index is 0.263. The normalized spacial score (nSPS) is 11.4. The SMILES string of the molecule is CC(F)(F)C(=O)Cc1ccc(Cl)cc1. The summed E-state index contributed by atoms with van der Waals surface area (Å²) < 4.78 is 25.0. The summed E-state index contributed by atoms with van der Waals surface area (Å²) in [7, 11) is 0. The molecule has 0 aromatic heterocycles. The zero-order valence-corrected chi connectivity index (χ0v) is 8.31. The lowest BCUT2D eigenvalue weighted by molar-refractivity contribution is -0.139. The largest absolute Gasteiger partial charge is 0.302 e. The van der Waals surface area contributed by atoms with Gasteiger partial charge < -0.3 is 0 Å². The van der Waals surface area contributed by atoms with Crippen LogP contribution in [0.3, 0.4) is 0 Å². The number of halogens is 3. The van der Waals surface area contributed by atoms with Gasteiger partial charge in [0.05, 0.1) is 0 Å². The number of carbonyl (C=O) groups is 1. The number of rotatable bonds is 3. The molecule has 0 heterocycles. The van der Waals surface area contributed by atoms with Crippen molar-refractivity contribution in [1.82, 2.24) is 0 Å². The minimum atomic E-state index is -3.26. The highest BCUT2D eigenvalue weighted by molar-refractivity contribution is 6.30. The molecule has 76 valence electrons. The fourth-order valence-electron chi connectivity index (χ4n) is 0.943. The lowest BCUT2D eigenvalue weighted by Crippen LogP contribution is -2.26. The van der Waals surface area contributed by atoms with Crippen molar-refractivity contribution < 1.29 is 13.6 Å². The Morgan fingerprint density at radius 2 is 1.86 bits per heavy atom. The number of Topliss-reactive ketones (excluding diaryl/α,β-unsaturated/α-hetero) is 1. The van der Waals surface area contributed by atoms with E-state index in [9.17, 15) is 13.6 Å². The molecular weight excluding hydrogens is 210 g/mol. The number of hydrogen-bond donors (Lipinski definition) is 0. The highest BCUT2D eigenvalue weighted by Crippen LogP contribution is 2.17. The molecular formula is C10H9ClF2O. The molecule has 0 saturated heterocycles. The van der Waals surface area contributed by atoms with Gasteiger partial charge in [0.1, 0.15) is 0 Å². The molecule has 1 nitrogen and oxygen atoms in total. The highest BCUT2D eigenvalue weighted by atomic mass is 35.5. The average Bonchev–Trinajstić information content (AvgIpc) is 2.07. The third-order valence-electron chi connectivity index (χ3n) is 1.77. The van der Waals surface area contributed by atoms with Crippen molar-refractivity contribution in [3.8, 4) is 0 Å². The first-order chi connectivity index (χ1) is 6.39. The molecule has 0 amide bonds. The maximum atomic E-state index is 12.5. The summed E-state index contributed by atoms with van der Waals surface area (Å²) in [6.07, 6.45) is -0.263. The molecule has 0 aliphatic heterocycles. The van der Waals surface area contributed by atoms with E-state index in [-0.39, 0.29) is 6.42 Å². The smallest absolute Gasteiger partial charge is 0.293 e. The topological polar surface area (TPSA) is 17.1 Å². The zero-order valence-electron chi connectivity index (χ0n) is 7.56. The second-order valence-corrected chi connectivity index (χ2v) is 3.55. The third-order valence-corrected chi connectivity index (χ3v) is 2.02. The molecule has 14 heavy (non-hydrogen) atoms. The average molecular weight is 219 g/mol. The minimum Gasteiger partial charge on any atom is -0.293 e. The van der Waals surface area contributed by atoms with E-state index in [4.69, 9.17) is 11.6 Å². The molecule has 0 bridgehead atoms. The van der Waals surface area contributed by atoms with Gasteiger partial charge in [-0.3, -0.25) is 4.79 Å². The van der Waals surface area contributed by atoms with Gasteiger partial charge in [-0.25, -0.2) is 0 Å². The maximum Gasteiger partial charge on any atom is 0.302 e. The lowest BCUT2D eigenvalue weighted by atomic mass is 10.1. The van der Waals surface area contributed by atoms with Crippen LogP contribution in [0.5, 0.6) is 0 Å². The van der Waals surface area contributed by atoms with E-state index < -0.39 is 11.7 Å². The van der Waals surface area contributed by atoms with Gasteiger partial charge in [0.25, 0.3) is 0 Å². The molecule has 0 N–H and O–H groups in total. The quantitative estimate of drug-likeness (QED) is 0.762. The fourth-order valence-corrected chi connectivity index (χ4v) is 1.07. The molecule has 0 spiro atoms. The van der Waals surface area contributed by atoms with Crippen molar-refractivity contribution >= 4 is 17.4 Å². The Labute approximate surface area is 85.7 Å². The van der Waals surface area contributed by atoms with Gasteiger partial charge in [-0.2, -0.15) is 8.78 Å². The Kier molecular flexibility index (Phi) is 3.21. The summed E-state index contributed by atoms with van der Waals surface area (Å²) >= 11 is 5.61. The van der Waals surface area contributed by atoms with Crippen LogP contribution in [0.2, 0.25) is 5.02 Å². The van der Waals surface area contributed by atoms with Crippen molar-refractivity contribution in [3.63, 3.8) is 0 Å².